The number of carbonyl (C=O) groups is 1. The molecular weight excluding hydrogens is 380 g/mol. The van der Waals surface area contributed by atoms with Crippen LogP contribution in [-0.2, 0) is 0 Å². The first-order chi connectivity index (χ1) is 14.4. The van der Waals surface area contributed by atoms with Crippen molar-refractivity contribution >= 4 is 11.7 Å². The number of nitrogens with zero attached hydrogens (tertiary/aromatic N) is 6. The third-order valence-electron chi connectivity index (χ3n) is 5.24. The smallest absolute Gasteiger partial charge is 0.254 e. The van der Waals surface area contributed by atoms with Crippen LogP contribution in [-0.4, -0.2) is 51.1 Å². The number of rotatable bonds is 3. The Kier molecular flexibility index (Phi) is 4.96. The number of benzene rings is 1. The van der Waals surface area contributed by atoms with Gasteiger partial charge in [0, 0.05) is 43.9 Å². The van der Waals surface area contributed by atoms with Crippen molar-refractivity contribution < 1.29 is 9.32 Å². The van der Waals surface area contributed by atoms with Crippen molar-refractivity contribution in [2.75, 3.05) is 24.5 Å². The Labute approximate surface area is 174 Å². The van der Waals surface area contributed by atoms with Crippen molar-refractivity contribution in [3.05, 3.63) is 59.6 Å². The van der Waals surface area contributed by atoms with Gasteiger partial charge in [-0.1, -0.05) is 17.3 Å². The second kappa shape index (κ2) is 7.59. The Morgan fingerprint density at radius 3 is 2.70 bits per heavy atom. The molecule has 0 radical (unpaired) electrons. The number of aryl methyl sites for hydroxylation is 1. The van der Waals surface area contributed by atoms with Gasteiger partial charge in [-0.2, -0.15) is 10.2 Å². The normalized spacial score (nSPS) is 15.7. The van der Waals surface area contributed by atoms with Gasteiger partial charge >= 0.3 is 0 Å². The minimum absolute atomic E-state index is 0.0329. The van der Waals surface area contributed by atoms with Crippen molar-refractivity contribution in [1.82, 2.24) is 20.0 Å². The third-order valence-corrected chi connectivity index (χ3v) is 5.24. The van der Waals surface area contributed by atoms with E-state index < -0.39 is 5.54 Å². The van der Waals surface area contributed by atoms with E-state index in [-0.39, 0.29) is 5.91 Å². The fraction of sp³-hybridized carbons (Fsp3) is 0.318. The van der Waals surface area contributed by atoms with Crippen LogP contribution in [0.25, 0.3) is 11.4 Å². The van der Waals surface area contributed by atoms with E-state index in [9.17, 15) is 4.79 Å². The molecule has 152 valence electrons. The molecule has 0 unspecified atom stereocenters. The summed E-state index contributed by atoms with van der Waals surface area (Å²) in [4.78, 5) is 26.0. The fourth-order valence-corrected chi connectivity index (χ4v) is 3.73. The van der Waals surface area contributed by atoms with Gasteiger partial charge in [-0.05, 0) is 38.1 Å². The van der Waals surface area contributed by atoms with E-state index in [1.807, 2.05) is 43.0 Å². The largest absolute Gasteiger partial charge is 0.353 e. The van der Waals surface area contributed by atoms with Gasteiger partial charge in [0.25, 0.3) is 5.91 Å². The van der Waals surface area contributed by atoms with Gasteiger partial charge < -0.3 is 14.3 Å². The van der Waals surface area contributed by atoms with Crippen LogP contribution >= 0.6 is 0 Å². The molecular formula is C22H22N6O2. The third kappa shape index (κ3) is 3.74. The van der Waals surface area contributed by atoms with Crippen LogP contribution in [0.4, 0.5) is 5.82 Å². The summed E-state index contributed by atoms with van der Waals surface area (Å²) in [6.07, 6.45) is 1.57. The van der Waals surface area contributed by atoms with Crippen LogP contribution < -0.4 is 4.90 Å². The summed E-state index contributed by atoms with van der Waals surface area (Å²) in [6.45, 7) is 7.70. The van der Waals surface area contributed by atoms with Crippen LogP contribution in [0, 0.1) is 18.3 Å². The van der Waals surface area contributed by atoms with Gasteiger partial charge in [-0.3, -0.25) is 4.79 Å². The Bertz CT molecular complexity index is 1110. The lowest BCUT2D eigenvalue weighted by Gasteiger charge is -2.47. The summed E-state index contributed by atoms with van der Waals surface area (Å²) in [6, 6.07) is 13.0. The molecule has 0 bridgehead atoms. The van der Waals surface area contributed by atoms with Gasteiger partial charge in [-0.15, -0.1) is 0 Å². The monoisotopic (exact) mass is 402 g/mol. The second-order valence-electron chi connectivity index (χ2n) is 7.93. The van der Waals surface area contributed by atoms with Gasteiger partial charge in [0.05, 0.1) is 11.1 Å². The molecule has 30 heavy (non-hydrogen) atoms. The van der Waals surface area contributed by atoms with Gasteiger partial charge in [0.2, 0.25) is 11.7 Å². The number of carbonyl (C=O) groups excluding carboxylic acids is 1. The molecule has 1 aliphatic heterocycles. The molecule has 8 nitrogen and oxygen atoms in total. The maximum atomic E-state index is 13.3. The maximum Gasteiger partial charge on any atom is 0.254 e. The lowest BCUT2D eigenvalue weighted by Crippen LogP contribution is -2.61. The number of nitriles is 1. The van der Waals surface area contributed by atoms with E-state index in [1.165, 1.54) is 0 Å². The highest BCUT2D eigenvalue weighted by Gasteiger charge is 2.37. The van der Waals surface area contributed by atoms with Crippen molar-refractivity contribution in [2.45, 2.75) is 26.3 Å². The molecule has 0 N–H and O–H groups in total. The number of hydrogen-bond donors (Lipinski definition) is 0. The predicted molar refractivity (Wildman–Crippen MR) is 111 cm³/mol. The van der Waals surface area contributed by atoms with E-state index >= 15 is 0 Å². The van der Waals surface area contributed by atoms with Crippen LogP contribution in [0.3, 0.4) is 0 Å². The molecule has 1 aliphatic rings. The molecule has 0 aliphatic carbocycles. The second-order valence-corrected chi connectivity index (χ2v) is 7.93. The molecule has 0 saturated carbocycles. The SMILES string of the molecule is Cc1nc(-c2cccc(C(=O)N3CCN(c4ccc(C#N)cn4)CC3(C)C)c2)no1. The van der Waals surface area contributed by atoms with Crippen LogP contribution in [0.2, 0.25) is 0 Å². The Morgan fingerprint density at radius 2 is 2.07 bits per heavy atom. The molecule has 1 saturated heterocycles. The average molecular weight is 402 g/mol. The van der Waals surface area contributed by atoms with Crippen molar-refractivity contribution in [3.8, 4) is 17.5 Å². The summed E-state index contributed by atoms with van der Waals surface area (Å²) < 4.78 is 5.05. The molecule has 8 heteroatoms. The molecule has 4 rings (SSSR count). The number of anilines is 1. The lowest BCUT2D eigenvalue weighted by atomic mass is 9.96. The van der Waals surface area contributed by atoms with Gasteiger partial charge in [0.15, 0.2) is 0 Å². The zero-order valence-corrected chi connectivity index (χ0v) is 17.2. The van der Waals surface area contributed by atoms with Crippen molar-refractivity contribution in [3.63, 3.8) is 0 Å². The molecule has 2 aromatic heterocycles. The van der Waals surface area contributed by atoms with Crippen LogP contribution in [0.1, 0.15) is 35.7 Å². The first kappa shape index (κ1) is 19.6. The van der Waals surface area contributed by atoms with E-state index in [0.717, 1.165) is 11.4 Å². The number of amides is 1. The van der Waals surface area contributed by atoms with Crippen LogP contribution in [0.5, 0.6) is 0 Å². The molecule has 0 spiro atoms. The number of aromatic nitrogens is 3. The molecule has 1 fully saturated rings. The predicted octanol–water partition coefficient (Wildman–Crippen LogP) is 3.05. The van der Waals surface area contributed by atoms with E-state index in [4.69, 9.17) is 9.78 Å². The first-order valence-corrected chi connectivity index (χ1v) is 9.71. The zero-order valence-electron chi connectivity index (χ0n) is 17.2. The van der Waals surface area contributed by atoms with E-state index in [2.05, 4.69) is 26.1 Å². The molecule has 0 atom stereocenters. The van der Waals surface area contributed by atoms with Crippen molar-refractivity contribution in [2.24, 2.45) is 0 Å². The minimum Gasteiger partial charge on any atom is -0.353 e. The quantitative estimate of drug-likeness (QED) is 0.664. The Morgan fingerprint density at radius 1 is 1.23 bits per heavy atom. The number of hydrogen-bond acceptors (Lipinski definition) is 7. The van der Waals surface area contributed by atoms with E-state index in [0.29, 0.717) is 42.5 Å². The molecule has 1 amide bonds. The van der Waals surface area contributed by atoms with Crippen LogP contribution in [0.15, 0.2) is 47.1 Å². The number of pyridine rings is 1. The van der Waals surface area contributed by atoms with Crippen molar-refractivity contribution in [1.29, 1.82) is 5.26 Å². The summed E-state index contributed by atoms with van der Waals surface area (Å²) in [5, 5.41) is 12.9. The maximum absolute atomic E-state index is 13.3. The standard InChI is InChI=1S/C22H22N6O2/c1-15-25-20(26-30-15)17-5-4-6-18(11-17)21(29)28-10-9-27(14-22(28,2)3)19-8-7-16(12-23)13-24-19/h4-8,11,13H,9-10,14H2,1-3H3. The van der Waals surface area contributed by atoms with Gasteiger partial charge in [0.1, 0.15) is 11.9 Å². The molecule has 3 heterocycles. The summed E-state index contributed by atoms with van der Waals surface area (Å²) in [5.41, 5.74) is 1.47. The number of piperazine rings is 1. The highest BCUT2D eigenvalue weighted by atomic mass is 16.5. The highest BCUT2D eigenvalue weighted by molar-refractivity contribution is 5.96. The van der Waals surface area contributed by atoms with Gasteiger partial charge in [-0.25, -0.2) is 4.98 Å². The topological polar surface area (TPSA) is 99.2 Å². The molecule has 1 aromatic carbocycles. The fourth-order valence-electron chi connectivity index (χ4n) is 3.73. The lowest BCUT2D eigenvalue weighted by molar-refractivity contribution is 0.0514. The highest BCUT2D eigenvalue weighted by Crippen LogP contribution is 2.27. The summed E-state index contributed by atoms with van der Waals surface area (Å²) in [5.74, 6) is 1.73. The molecule has 3 aromatic rings. The summed E-state index contributed by atoms with van der Waals surface area (Å²) >= 11 is 0. The average Bonchev–Trinajstić information content (AvgIpc) is 3.19. The Balaban J connectivity index is 1.53. The Hall–Kier alpha value is -3.73. The zero-order chi connectivity index (χ0) is 21.3. The minimum atomic E-state index is -0.399. The van der Waals surface area contributed by atoms with E-state index in [1.54, 1.807) is 25.3 Å². The summed E-state index contributed by atoms with van der Waals surface area (Å²) in [7, 11) is 0. The first-order valence-electron chi connectivity index (χ1n) is 9.71.